The molecule has 17 heavy (non-hydrogen) atoms. The van der Waals surface area contributed by atoms with Crippen molar-refractivity contribution in [3.8, 4) is 0 Å². The van der Waals surface area contributed by atoms with Gasteiger partial charge in [-0.3, -0.25) is 0 Å². The first-order valence-corrected chi connectivity index (χ1v) is 6.39. The van der Waals surface area contributed by atoms with Gasteiger partial charge in [0.15, 0.2) is 5.11 Å². The van der Waals surface area contributed by atoms with Gasteiger partial charge >= 0.3 is 0 Å². The Morgan fingerprint density at radius 1 is 1.35 bits per heavy atom. The topological polar surface area (TPSA) is 44.3 Å². The van der Waals surface area contributed by atoms with E-state index in [1.807, 2.05) is 18.2 Å². The van der Waals surface area contributed by atoms with E-state index in [0.717, 1.165) is 12.8 Å². The van der Waals surface area contributed by atoms with Gasteiger partial charge in [-0.15, -0.1) is 0 Å². The monoisotopic (exact) mass is 252 g/mol. The van der Waals surface area contributed by atoms with E-state index in [-0.39, 0.29) is 12.6 Å². The number of nitrogens with one attached hydrogen (secondary N) is 2. The van der Waals surface area contributed by atoms with E-state index in [1.54, 1.807) is 0 Å². The predicted octanol–water partition coefficient (Wildman–Crippen LogP) is 1.98. The first-order valence-electron chi connectivity index (χ1n) is 5.98. The van der Waals surface area contributed by atoms with E-state index in [0.29, 0.717) is 11.7 Å². The molecule has 1 rings (SSSR count). The SMILES string of the molecule is CCCC(NC(=S)NCCO)c1ccccc1. The maximum atomic E-state index is 8.72. The van der Waals surface area contributed by atoms with Crippen molar-refractivity contribution in [3.63, 3.8) is 0 Å². The van der Waals surface area contributed by atoms with Crippen molar-refractivity contribution in [1.82, 2.24) is 10.6 Å². The molecule has 3 N–H and O–H groups in total. The third-order valence-electron chi connectivity index (χ3n) is 2.48. The number of benzene rings is 1. The van der Waals surface area contributed by atoms with Crippen LogP contribution >= 0.6 is 12.2 Å². The fourth-order valence-corrected chi connectivity index (χ4v) is 1.92. The molecule has 0 aliphatic rings. The van der Waals surface area contributed by atoms with Gasteiger partial charge in [0, 0.05) is 6.54 Å². The molecule has 0 saturated carbocycles. The summed E-state index contributed by atoms with van der Waals surface area (Å²) in [6, 6.07) is 10.5. The molecule has 1 atom stereocenters. The molecule has 1 unspecified atom stereocenters. The van der Waals surface area contributed by atoms with Crippen LogP contribution in [0.1, 0.15) is 31.4 Å². The van der Waals surface area contributed by atoms with E-state index in [9.17, 15) is 0 Å². The van der Waals surface area contributed by atoms with E-state index in [4.69, 9.17) is 17.3 Å². The highest BCUT2D eigenvalue weighted by atomic mass is 32.1. The molecule has 3 nitrogen and oxygen atoms in total. The van der Waals surface area contributed by atoms with E-state index in [2.05, 4.69) is 29.7 Å². The summed E-state index contributed by atoms with van der Waals surface area (Å²) >= 11 is 5.18. The minimum atomic E-state index is 0.0889. The van der Waals surface area contributed by atoms with Crippen LogP contribution in [0.25, 0.3) is 0 Å². The summed E-state index contributed by atoms with van der Waals surface area (Å²) < 4.78 is 0. The molecule has 0 aliphatic heterocycles. The van der Waals surface area contributed by atoms with E-state index >= 15 is 0 Å². The largest absolute Gasteiger partial charge is 0.395 e. The average molecular weight is 252 g/mol. The van der Waals surface area contributed by atoms with Crippen molar-refractivity contribution in [1.29, 1.82) is 0 Å². The number of thiocarbonyl (C=S) groups is 1. The highest BCUT2D eigenvalue weighted by Gasteiger charge is 2.10. The minimum Gasteiger partial charge on any atom is -0.395 e. The summed E-state index contributed by atoms with van der Waals surface area (Å²) in [5, 5.41) is 15.6. The van der Waals surface area contributed by atoms with Gasteiger partial charge in [-0.25, -0.2) is 0 Å². The van der Waals surface area contributed by atoms with Gasteiger partial charge in [0.1, 0.15) is 0 Å². The van der Waals surface area contributed by atoms with Crippen molar-refractivity contribution >= 4 is 17.3 Å². The van der Waals surface area contributed by atoms with Crippen LogP contribution in [0.4, 0.5) is 0 Å². The van der Waals surface area contributed by atoms with Crippen LogP contribution < -0.4 is 10.6 Å². The lowest BCUT2D eigenvalue weighted by Crippen LogP contribution is -2.38. The van der Waals surface area contributed by atoms with Crippen molar-refractivity contribution in [2.24, 2.45) is 0 Å². The fraction of sp³-hybridized carbons (Fsp3) is 0.462. The number of rotatable bonds is 6. The van der Waals surface area contributed by atoms with Gasteiger partial charge in [-0.1, -0.05) is 43.7 Å². The Kier molecular flexibility index (Phi) is 6.58. The summed E-state index contributed by atoms with van der Waals surface area (Å²) in [5.74, 6) is 0. The second kappa shape index (κ2) is 8.03. The maximum Gasteiger partial charge on any atom is 0.166 e. The summed E-state index contributed by atoms with van der Waals surface area (Å²) in [6.45, 7) is 2.73. The molecule has 4 heteroatoms. The smallest absolute Gasteiger partial charge is 0.166 e. The molecular formula is C13H20N2OS. The third-order valence-corrected chi connectivity index (χ3v) is 2.74. The zero-order chi connectivity index (χ0) is 12.5. The molecule has 0 aromatic heterocycles. The molecule has 0 saturated heterocycles. The quantitative estimate of drug-likeness (QED) is 0.678. The van der Waals surface area contributed by atoms with E-state index in [1.165, 1.54) is 5.56 Å². The Hall–Kier alpha value is -1.13. The Balaban J connectivity index is 2.57. The third kappa shape index (κ3) is 5.15. The van der Waals surface area contributed by atoms with Crippen molar-refractivity contribution in [3.05, 3.63) is 35.9 Å². The number of aliphatic hydroxyl groups excluding tert-OH is 1. The summed E-state index contributed by atoms with van der Waals surface area (Å²) in [4.78, 5) is 0. The molecule has 1 aromatic rings. The molecule has 0 spiro atoms. The molecule has 0 amide bonds. The first-order chi connectivity index (χ1) is 8.27. The highest BCUT2D eigenvalue weighted by molar-refractivity contribution is 7.80. The van der Waals surface area contributed by atoms with Crippen LogP contribution in [0.3, 0.4) is 0 Å². The second-order valence-electron chi connectivity index (χ2n) is 3.88. The van der Waals surface area contributed by atoms with Gasteiger partial charge in [0.25, 0.3) is 0 Å². The zero-order valence-electron chi connectivity index (χ0n) is 10.1. The molecule has 0 fully saturated rings. The average Bonchev–Trinajstić information content (AvgIpc) is 2.37. The fourth-order valence-electron chi connectivity index (χ4n) is 1.67. The normalized spacial score (nSPS) is 11.9. The van der Waals surface area contributed by atoms with Crippen molar-refractivity contribution < 1.29 is 5.11 Å². The molecule has 94 valence electrons. The van der Waals surface area contributed by atoms with Crippen molar-refractivity contribution in [2.75, 3.05) is 13.2 Å². The van der Waals surface area contributed by atoms with Gasteiger partial charge in [-0.05, 0) is 24.2 Å². The minimum absolute atomic E-state index is 0.0889. The summed E-state index contributed by atoms with van der Waals surface area (Å²) in [5.41, 5.74) is 1.24. The van der Waals surface area contributed by atoms with Crippen LogP contribution in [0.15, 0.2) is 30.3 Å². The highest BCUT2D eigenvalue weighted by Crippen LogP contribution is 2.17. The van der Waals surface area contributed by atoms with Gasteiger partial charge in [0.05, 0.1) is 12.6 Å². The maximum absolute atomic E-state index is 8.72. The molecule has 0 radical (unpaired) electrons. The Morgan fingerprint density at radius 2 is 2.06 bits per heavy atom. The van der Waals surface area contributed by atoms with Crippen LogP contribution in [-0.2, 0) is 0 Å². The first kappa shape index (κ1) is 13.9. The lowest BCUT2D eigenvalue weighted by molar-refractivity contribution is 0.300. The van der Waals surface area contributed by atoms with Crippen LogP contribution in [0.2, 0.25) is 0 Å². The zero-order valence-corrected chi connectivity index (χ0v) is 11.0. The Bertz CT molecular complexity index is 329. The second-order valence-corrected chi connectivity index (χ2v) is 4.28. The predicted molar refractivity (Wildman–Crippen MR) is 74.9 cm³/mol. The molecular weight excluding hydrogens is 232 g/mol. The number of aliphatic hydroxyl groups is 1. The van der Waals surface area contributed by atoms with Crippen LogP contribution in [0.5, 0.6) is 0 Å². The summed E-state index contributed by atoms with van der Waals surface area (Å²) in [7, 11) is 0. The number of hydrogen-bond donors (Lipinski definition) is 3. The van der Waals surface area contributed by atoms with Gasteiger partial charge < -0.3 is 15.7 Å². The number of hydrogen-bond acceptors (Lipinski definition) is 2. The van der Waals surface area contributed by atoms with Gasteiger partial charge in [-0.2, -0.15) is 0 Å². The van der Waals surface area contributed by atoms with E-state index < -0.39 is 0 Å². The molecule has 0 heterocycles. The van der Waals surface area contributed by atoms with Crippen molar-refractivity contribution in [2.45, 2.75) is 25.8 Å². The lowest BCUT2D eigenvalue weighted by atomic mass is 10.0. The lowest BCUT2D eigenvalue weighted by Gasteiger charge is -2.20. The standard InChI is InChI=1S/C13H20N2OS/c1-2-6-12(11-7-4-3-5-8-11)15-13(17)14-9-10-16/h3-5,7-8,12,16H,2,6,9-10H2,1H3,(H2,14,15,17). The molecule has 0 bridgehead atoms. The molecule has 1 aromatic carbocycles. The van der Waals surface area contributed by atoms with Crippen LogP contribution in [-0.4, -0.2) is 23.4 Å². The molecule has 0 aliphatic carbocycles. The van der Waals surface area contributed by atoms with Gasteiger partial charge in [0.2, 0.25) is 0 Å². The Labute approximate surface area is 108 Å². The summed E-state index contributed by atoms with van der Waals surface area (Å²) in [6.07, 6.45) is 2.13. The Morgan fingerprint density at radius 3 is 2.65 bits per heavy atom. The van der Waals surface area contributed by atoms with Crippen LogP contribution in [0, 0.1) is 0 Å².